The van der Waals surface area contributed by atoms with Crippen molar-refractivity contribution in [2.24, 2.45) is 5.73 Å². The zero-order valence-corrected chi connectivity index (χ0v) is 11.1. The van der Waals surface area contributed by atoms with Crippen molar-refractivity contribution in [3.63, 3.8) is 0 Å². The Labute approximate surface area is 115 Å². The van der Waals surface area contributed by atoms with E-state index < -0.39 is 0 Å². The zero-order valence-electron chi connectivity index (χ0n) is 10.3. The number of carbonyl (C=O) groups is 1. The van der Waals surface area contributed by atoms with Crippen molar-refractivity contribution in [2.45, 2.75) is 13.0 Å². The molecule has 100 valence electrons. The number of aliphatic hydroxyl groups excluding tert-OH is 1. The molecule has 0 atom stereocenters. The molecule has 5 nitrogen and oxygen atoms in total. The normalized spacial score (nSPS) is 10.4. The summed E-state index contributed by atoms with van der Waals surface area (Å²) in [5.41, 5.74) is 7.32. The monoisotopic (exact) mass is 277 g/mol. The number of nitrogens with one attached hydrogen (secondary N) is 1. The molecule has 4 N–H and O–H groups in total. The molecule has 0 radical (unpaired) electrons. The van der Waals surface area contributed by atoms with Gasteiger partial charge in [-0.15, -0.1) is 11.3 Å². The summed E-state index contributed by atoms with van der Waals surface area (Å²) in [7, 11) is 0. The minimum Gasteiger partial charge on any atom is -0.392 e. The van der Waals surface area contributed by atoms with Crippen LogP contribution in [0.3, 0.4) is 0 Å². The number of carbonyl (C=O) groups excluding carboxylic acids is 1. The summed E-state index contributed by atoms with van der Waals surface area (Å²) in [5.74, 6) is -0.240. The molecule has 19 heavy (non-hydrogen) atoms. The highest BCUT2D eigenvalue weighted by atomic mass is 32.1. The average Bonchev–Trinajstić information content (AvgIpc) is 2.89. The third kappa shape index (κ3) is 3.60. The molecule has 0 aliphatic rings. The number of nitrogens with zero attached hydrogens (tertiary/aromatic N) is 1. The molecule has 6 heteroatoms. The lowest BCUT2D eigenvalue weighted by Crippen LogP contribution is -2.12. The molecule has 1 aromatic heterocycles. The number of thiazole rings is 1. The van der Waals surface area contributed by atoms with Crippen LogP contribution < -0.4 is 11.1 Å². The van der Waals surface area contributed by atoms with Crippen LogP contribution >= 0.6 is 11.3 Å². The molecule has 1 heterocycles. The van der Waals surface area contributed by atoms with E-state index in [9.17, 15) is 4.79 Å². The molecular weight excluding hydrogens is 262 g/mol. The molecule has 1 amide bonds. The van der Waals surface area contributed by atoms with Gasteiger partial charge in [-0.25, -0.2) is 4.98 Å². The van der Waals surface area contributed by atoms with E-state index in [1.165, 1.54) is 11.3 Å². The van der Waals surface area contributed by atoms with E-state index in [-0.39, 0.29) is 12.5 Å². The Balaban J connectivity index is 2.02. The Morgan fingerprint density at radius 1 is 1.37 bits per heavy atom. The lowest BCUT2D eigenvalue weighted by atomic mass is 10.2. The van der Waals surface area contributed by atoms with Crippen molar-refractivity contribution in [1.29, 1.82) is 0 Å². The van der Waals surface area contributed by atoms with Gasteiger partial charge in [0.05, 0.1) is 11.6 Å². The smallest absolute Gasteiger partial charge is 0.275 e. The van der Waals surface area contributed by atoms with Gasteiger partial charge in [0.15, 0.2) is 0 Å². The molecule has 2 aromatic rings. The first-order valence-electron chi connectivity index (χ1n) is 5.88. The standard InChI is InChI=1S/C13H15N3O2S/c14-6-5-12-16-11(8-19-12)13(18)15-10-3-1-9(7-17)2-4-10/h1-4,8,17H,5-7,14H2,(H,15,18). The van der Waals surface area contributed by atoms with Crippen molar-refractivity contribution in [3.8, 4) is 0 Å². The molecule has 0 aliphatic carbocycles. The first kappa shape index (κ1) is 13.7. The summed E-state index contributed by atoms with van der Waals surface area (Å²) >= 11 is 1.43. The van der Waals surface area contributed by atoms with Gasteiger partial charge in [-0.2, -0.15) is 0 Å². The van der Waals surface area contributed by atoms with Crippen molar-refractivity contribution in [3.05, 3.63) is 45.9 Å². The van der Waals surface area contributed by atoms with Crippen LogP contribution in [0.1, 0.15) is 21.1 Å². The Kier molecular flexibility index (Phi) is 4.62. The number of aliphatic hydroxyl groups is 1. The molecule has 2 rings (SSSR count). The van der Waals surface area contributed by atoms with Crippen LogP contribution in [0.2, 0.25) is 0 Å². The largest absolute Gasteiger partial charge is 0.392 e. The fourth-order valence-electron chi connectivity index (χ4n) is 1.54. The zero-order chi connectivity index (χ0) is 13.7. The van der Waals surface area contributed by atoms with Crippen LogP contribution in [0.15, 0.2) is 29.6 Å². The summed E-state index contributed by atoms with van der Waals surface area (Å²) < 4.78 is 0. The topological polar surface area (TPSA) is 88.2 Å². The van der Waals surface area contributed by atoms with Crippen molar-refractivity contribution >= 4 is 22.9 Å². The third-order valence-electron chi connectivity index (χ3n) is 2.54. The van der Waals surface area contributed by atoms with Gasteiger partial charge in [-0.05, 0) is 24.2 Å². The Morgan fingerprint density at radius 2 is 2.11 bits per heavy atom. The third-order valence-corrected chi connectivity index (χ3v) is 3.45. The van der Waals surface area contributed by atoms with Gasteiger partial charge in [0.2, 0.25) is 0 Å². The number of anilines is 1. The highest BCUT2D eigenvalue weighted by molar-refractivity contribution is 7.09. The highest BCUT2D eigenvalue weighted by Gasteiger charge is 2.10. The maximum Gasteiger partial charge on any atom is 0.275 e. The number of hydrogen-bond donors (Lipinski definition) is 3. The van der Waals surface area contributed by atoms with Crippen LogP contribution in [0.25, 0.3) is 0 Å². The molecule has 0 unspecified atom stereocenters. The molecule has 0 spiro atoms. The summed E-state index contributed by atoms with van der Waals surface area (Å²) in [5, 5.41) is 14.3. The number of benzene rings is 1. The van der Waals surface area contributed by atoms with Gasteiger partial charge in [0, 0.05) is 17.5 Å². The lowest BCUT2D eigenvalue weighted by Gasteiger charge is -2.03. The highest BCUT2D eigenvalue weighted by Crippen LogP contribution is 2.14. The van der Waals surface area contributed by atoms with Gasteiger partial charge < -0.3 is 16.2 Å². The summed E-state index contributed by atoms with van der Waals surface area (Å²) in [6, 6.07) is 7.01. The predicted octanol–water partition coefficient (Wildman–Crippen LogP) is 1.39. The summed E-state index contributed by atoms with van der Waals surface area (Å²) in [4.78, 5) is 16.2. The van der Waals surface area contributed by atoms with Crippen LogP contribution in [-0.2, 0) is 13.0 Å². The van der Waals surface area contributed by atoms with Crippen LogP contribution in [0.4, 0.5) is 5.69 Å². The fourth-order valence-corrected chi connectivity index (χ4v) is 2.34. The Hall–Kier alpha value is -1.76. The minimum absolute atomic E-state index is 0.0111. The number of amides is 1. The second-order valence-electron chi connectivity index (χ2n) is 3.97. The van der Waals surface area contributed by atoms with Crippen molar-refractivity contribution in [1.82, 2.24) is 4.98 Å². The van der Waals surface area contributed by atoms with Crippen LogP contribution in [0.5, 0.6) is 0 Å². The van der Waals surface area contributed by atoms with E-state index in [1.807, 2.05) is 0 Å². The second-order valence-corrected chi connectivity index (χ2v) is 4.92. The first-order chi connectivity index (χ1) is 9.22. The van der Waals surface area contributed by atoms with Gasteiger partial charge in [-0.1, -0.05) is 12.1 Å². The molecule has 1 aromatic carbocycles. The first-order valence-corrected chi connectivity index (χ1v) is 6.76. The van der Waals surface area contributed by atoms with E-state index >= 15 is 0 Å². The molecule has 0 bridgehead atoms. The van der Waals surface area contributed by atoms with E-state index in [1.54, 1.807) is 29.6 Å². The van der Waals surface area contributed by atoms with Gasteiger partial charge in [0.25, 0.3) is 5.91 Å². The van der Waals surface area contributed by atoms with E-state index in [0.717, 1.165) is 10.6 Å². The second kappa shape index (κ2) is 6.42. The molecular formula is C13H15N3O2S. The Morgan fingerprint density at radius 3 is 2.74 bits per heavy atom. The maximum absolute atomic E-state index is 11.9. The fraction of sp³-hybridized carbons (Fsp3) is 0.231. The number of hydrogen-bond acceptors (Lipinski definition) is 5. The number of aromatic nitrogens is 1. The van der Waals surface area contributed by atoms with Crippen LogP contribution in [0, 0.1) is 0 Å². The van der Waals surface area contributed by atoms with Gasteiger partial charge in [0.1, 0.15) is 5.69 Å². The van der Waals surface area contributed by atoms with E-state index in [0.29, 0.717) is 24.3 Å². The molecule has 0 saturated carbocycles. The van der Waals surface area contributed by atoms with Crippen molar-refractivity contribution in [2.75, 3.05) is 11.9 Å². The molecule has 0 saturated heterocycles. The number of rotatable bonds is 5. The van der Waals surface area contributed by atoms with E-state index in [4.69, 9.17) is 10.8 Å². The molecule has 0 fully saturated rings. The minimum atomic E-state index is -0.240. The summed E-state index contributed by atoms with van der Waals surface area (Å²) in [6.07, 6.45) is 0.684. The Bertz CT molecular complexity index is 551. The SMILES string of the molecule is NCCc1nc(C(=O)Nc2ccc(CO)cc2)cs1. The number of nitrogens with two attached hydrogens (primary N) is 1. The molecule has 0 aliphatic heterocycles. The van der Waals surface area contributed by atoms with Crippen molar-refractivity contribution < 1.29 is 9.90 Å². The average molecular weight is 277 g/mol. The maximum atomic E-state index is 11.9. The van der Waals surface area contributed by atoms with E-state index in [2.05, 4.69) is 10.3 Å². The van der Waals surface area contributed by atoms with Gasteiger partial charge in [-0.3, -0.25) is 4.79 Å². The predicted molar refractivity (Wildman–Crippen MR) is 75.2 cm³/mol. The van der Waals surface area contributed by atoms with Crippen LogP contribution in [-0.4, -0.2) is 22.5 Å². The lowest BCUT2D eigenvalue weighted by molar-refractivity contribution is 0.102. The summed E-state index contributed by atoms with van der Waals surface area (Å²) in [6.45, 7) is 0.514. The quantitative estimate of drug-likeness (QED) is 0.770. The van der Waals surface area contributed by atoms with Gasteiger partial charge >= 0.3 is 0 Å².